The number of pyridine rings is 2. The average Bonchev–Trinajstić information content (AvgIpc) is 2.81. The van der Waals surface area contributed by atoms with Gasteiger partial charge in [0, 0.05) is 36.8 Å². The third-order valence-electron chi connectivity index (χ3n) is 5.68. The SMILES string of the molecule is COc1cccc(C(=O)NCC2CCN(c3nccc4nc(C(F)(F)F)ccc34)CC2)c1.Cl. The van der Waals surface area contributed by atoms with E-state index in [0.717, 1.165) is 18.9 Å². The molecule has 1 aliphatic heterocycles. The smallest absolute Gasteiger partial charge is 0.433 e. The molecule has 1 fully saturated rings. The maximum Gasteiger partial charge on any atom is 0.433 e. The summed E-state index contributed by atoms with van der Waals surface area (Å²) in [6, 6.07) is 10.9. The highest BCUT2D eigenvalue weighted by Gasteiger charge is 2.33. The second-order valence-corrected chi connectivity index (χ2v) is 7.77. The van der Waals surface area contributed by atoms with E-state index in [1.807, 2.05) is 0 Å². The van der Waals surface area contributed by atoms with Crippen molar-refractivity contribution >= 4 is 35.0 Å². The normalized spacial score (nSPS) is 14.6. The van der Waals surface area contributed by atoms with E-state index in [0.29, 0.717) is 48.1 Å². The summed E-state index contributed by atoms with van der Waals surface area (Å²) in [6.07, 6.45) is -1.31. The molecule has 3 aromatic rings. The Morgan fingerprint density at radius 3 is 2.64 bits per heavy atom. The molecule has 1 aliphatic rings. The van der Waals surface area contributed by atoms with E-state index in [2.05, 4.69) is 20.2 Å². The third-order valence-corrected chi connectivity index (χ3v) is 5.68. The van der Waals surface area contributed by atoms with Gasteiger partial charge in [0.25, 0.3) is 5.91 Å². The summed E-state index contributed by atoms with van der Waals surface area (Å²) >= 11 is 0. The number of hydrogen-bond acceptors (Lipinski definition) is 5. The predicted molar refractivity (Wildman–Crippen MR) is 122 cm³/mol. The van der Waals surface area contributed by atoms with Crippen molar-refractivity contribution in [2.75, 3.05) is 31.6 Å². The number of rotatable bonds is 5. The van der Waals surface area contributed by atoms with Crippen LogP contribution < -0.4 is 15.0 Å². The van der Waals surface area contributed by atoms with Crippen LogP contribution in [0.3, 0.4) is 0 Å². The standard InChI is InChI=1S/C23H23F3N4O2.ClH/c1-32-17-4-2-3-16(13-17)22(31)28-14-15-8-11-30(12-9-15)21-18-5-6-20(23(24,25)26)29-19(18)7-10-27-21;/h2-7,10,13,15H,8-9,11-12,14H2,1H3,(H,28,31);1H. The van der Waals surface area contributed by atoms with Crippen LogP contribution in [0.5, 0.6) is 5.75 Å². The Morgan fingerprint density at radius 2 is 1.94 bits per heavy atom. The molecule has 33 heavy (non-hydrogen) atoms. The predicted octanol–water partition coefficient (Wildman–Crippen LogP) is 4.73. The van der Waals surface area contributed by atoms with Crippen LogP contribution in [0, 0.1) is 5.92 Å². The maximum atomic E-state index is 13.0. The summed E-state index contributed by atoms with van der Waals surface area (Å²) in [6.45, 7) is 1.96. The molecule has 1 saturated heterocycles. The van der Waals surface area contributed by atoms with E-state index >= 15 is 0 Å². The van der Waals surface area contributed by atoms with Crippen molar-refractivity contribution in [3.63, 3.8) is 0 Å². The Balaban J connectivity index is 0.00000306. The van der Waals surface area contributed by atoms with Gasteiger partial charge in [-0.05, 0) is 55.2 Å². The van der Waals surface area contributed by atoms with E-state index in [1.165, 1.54) is 18.3 Å². The zero-order chi connectivity index (χ0) is 22.7. The van der Waals surface area contributed by atoms with Crippen LogP contribution in [0.1, 0.15) is 28.9 Å². The molecule has 1 aromatic carbocycles. The Morgan fingerprint density at radius 1 is 1.18 bits per heavy atom. The molecule has 0 radical (unpaired) electrons. The van der Waals surface area contributed by atoms with Crippen LogP contribution >= 0.6 is 12.4 Å². The summed E-state index contributed by atoms with van der Waals surface area (Å²) in [4.78, 5) is 22.6. The van der Waals surface area contributed by atoms with Crippen LogP contribution in [-0.2, 0) is 6.18 Å². The fraction of sp³-hybridized carbons (Fsp3) is 0.348. The van der Waals surface area contributed by atoms with Crippen molar-refractivity contribution in [3.8, 4) is 5.75 Å². The molecule has 176 valence electrons. The number of anilines is 1. The number of amides is 1. The quantitative estimate of drug-likeness (QED) is 0.572. The molecule has 10 heteroatoms. The number of halogens is 4. The Kier molecular flexibility index (Phi) is 7.63. The molecule has 1 amide bonds. The van der Waals surface area contributed by atoms with Gasteiger partial charge in [0.15, 0.2) is 0 Å². The highest BCUT2D eigenvalue weighted by atomic mass is 35.5. The lowest BCUT2D eigenvalue weighted by Crippen LogP contribution is -2.39. The van der Waals surface area contributed by atoms with Crippen molar-refractivity contribution in [1.82, 2.24) is 15.3 Å². The van der Waals surface area contributed by atoms with Gasteiger partial charge >= 0.3 is 6.18 Å². The molecule has 0 bridgehead atoms. The lowest BCUT2D eigenvalue weighted by molar-refractivity contribution is -0.140. The Bertz CT molecular complexity index is 1120. The van der Waals surface area contributed by atoms with Gasteiger partial charge < -0.3 is 15.0 Å². The van der Waals surface area contributed by atoms with Gasteiger partial charge in [-0.25, -0.2) is 9.97 Å². The third kappa shape index (κ3) is 5.65. The van der Waals surface area contributed by atoms with E-state index in [-0.39, 0.29) is 23.8 Å². The largest absolute Gasteiger partial charge is 0.497 e. The van der Waals surface area contributed by atoms with E-state index in [9.17, 15) is 18.0 Å². The molecule has 0 atom stereocenters. The number of benzene rings is 1. The zero-order valence-corrected chi connectivity index (χ0v) is 18.7. The van der Waals surface area contributed by atoms with Crippen LogP contribution in [0.15, 0.2) is 48.7 Å². The first-order chi connectivity index (χ1) is 15.3. The van der Waals surface area contributed by atoms with Crippen molar-refractivity contribution in [3.05, 3.63) is 59.9 Å². The Labute approximate surface area is 195 Å². The number of methoxy groups -OCH3 is 1. The average molecular weight is 481 g/mol. The number of carbonyl (C=O) groups excluding carboxylic acids is 1. The number of ether oxygens (including phenoxy) is 1. The molecule has 0 spiro atoms. The molecule has 0 saturated carbocycles. The summed E-state index contributed by atoms with van der Waals surface area (Å²) in [7, 11) is 1.56. The van der Waals surface area contributed by atoms with Gasteiger partial charge in [0.05, 0.1) is 12.6 Å². The van der Waals surface area contributed by atoms with Crippen LogP contribution in [-0.4, -0.2) is 42.6 Å². The van der Waals surface area contributed by atoms with Crippen molar-refractivity contribution < 1.29 is 22.7 Å². The van der Waals surface area contributed by atoms with E-state index in [1.54, 1.807) is 31.4 Å². The minimum atomic E-state index is -4.48. The van der Waals surface area contributed by atoms with Gasteiger partial charge in [0.1, 0.15) is 17.3 Å². The molecule has 0 unspecified atom stereocenters. The fourth-order valence-electron chi connectivity index (χ4n) is 3.90. The van der Waals surface area contributed by atoms with Gasteiger partial charge in [-0.3, -0.25) is 4.79 Å². The van der Waals surface area contributed by atoms with Gasteiger partial charge in [-0.15, -0.1) is 12.4 Å². The summed E-state index contributed by atoms with van der Waals surface area (Å²) in [5, 5.41) is 3.58. The minimum Gasteiger partial charge on any atom is -0.497 e. The second-order valence-electron chi connectivity index (χ2n) is 7.77. The first-order valence-corrected chi connectivity index (χ1v) is 10.4. The number of fused-ring (bicyclic) bond motifs is 1. The van der Waals surface area contributed by atoms with E-state index in [4.69, 9.17) is 4.74 Å². The molecule has 2 aromatic heterocycles. The minimum absolute atomic E-state index is 0. The zero-order valence-electron chi connectivity index (χ0n) is 17.9. The fourth-order valence-corrected chi connectivity index (χ4v) is 3.90. The van der Waals surface area contributed by atoms with Gasteiger partial charge in [-0.2, -0.15) is 13.2 Å². The Hall–Kier alpha value is -3.07. The lowest BCUT2D eigenvalue weighted by atomic mass is 9.96. The summed E-state index contributed by atoms with van der Waals surface area (Å²) < 4.78 is 44.1. The highest BCUT2D eigenvalue weighted by Crippen LogP contribution is 2.32. The van der Waals surface area contributed by atoms with Crippen LogP contribution in [0.2, 0.25) is 0 Å². The van der Waals surface area contributed by atoms with Crippen LogP contribution in [0.4, 0.5) is 19.0 Å². The van der Waals surface area contributed by atoms with Crippen molar-refractivity contribution in [2.45, 2.75) is 19.0 Å². The molecular formula is C23H24ClF3N4O2. The van der Waals surface area contributed by atoms with E-state index < -0.39 is 11.9 Å². The first kappa shape index (κ1) is 24.6. The number of aromatic nitrogens is 2. The highest BCUT2D eigenvalue weighted by molar-refractivity contribution is 5.94. The monoisotopic (exact) mass is 480 g/mol. The number of nitrogens with one attached hydrogen (secondary N) is 1. The van der Waals surface area contributed by atoms with Gasteiger partial charge in [0.2, 0.25) is 0 Å². The summed E-state index contributed by atoms with van der Waals surface area (Å²) in [5.41, 5.74) is -0.0856. The van der Waals surface area contributed by atoms with Crippen molar-refractivity contribution in [2.24, 2.45) is 5.92 Å². The molecule has 4 rings (SSSR count). The molecular weight excluding hydrogens is 457 g/mol. The molecule has 0 aliphatic carbocycles. The number of piperidine rings is 1. The topological polar surface area (TPSA) is 67.3 Å². The van der Waals surface area contributed by atoms with Crippen LogP contribution in [0.25, 0.3) is 10.9 Å². The molecule has 1 N–H and O–H groups in total. The maximum absolute atomic E-state index is 13.0. The number of hydrogen-bond donors (Lipinski definition) is 1. The first-order valence-electron chi connectivity index (χ1n) is 10.4. The number of nitrogens with zero attached hydrogens (tertiary/aromatic N) is 3. The van der Waals surface area contributed by atoms with Gasteiger partial charge in [-0.1, -0.05) is 6.07 Å². The molecule has 3 heterocycles. The molecule has 6 nitrogen and oxygen atoms in total. The lowest BCUT2D eigenvalue weighted by Gasteiger charge is -2.33. The summed E-state index contributed by atoms with van der Waals surface area (Å²) in [5.74, 6) is 1.44. The number of carbonyl (C=O) groups is 1. The van der Waals surface area contributed by atoms with Crippen molar-refractivity contribution in [1.29, 1.82) is 0 Å². The second kappa shape index (κ2) is 10.2. The number of alkyl halides is 3.